The van der Waals surface area contributed by atoms with Gasteiger partial charge in [0.2, 0.25) is 0 Å². The van der Waals surface area contributed by atoms with Crippen LogP contribution in [0.1, 0.15) is 40.5 Å². The van der Waals surface area contributed by atoms with Crippen LogP contribution in [0.25, 0.3) is 0 Å². The highest BCUT2D eigenvalue weighted by molar-refractivity contribution is 5.98. The Morgan fingerprint density at radius 1 is 1.05 bits per heavy atom. The third-order valence-corrected chi connectivity index (χ3v) is 2.68. The lowest BCUT2D eigenvalue weighted by atomic mass is 10.1. The zero-order valence-corrected chi connectivity index (χ0v) is 12.2. The van der Waals surface area contributed by atoms with E-state index in [9.17, 15) is 9.59 Å². The summed E-state index contributed by atoms with van der Waals surface area (Å²) in [6.07, 6.45) is 1.38. The summed E-state index contributed by atoms with van der Waals surface area (Å²) < 4.78 is 0. The van der Waals surface area contributed by atoms with E-state index >= 15 is 0 Å². The second-order valence-corrected chi connectivity index (χ2v) is 4.07. The Kier molecular flexibility index (Phi) is 8.83. The molecule has 0 aliphatic rings. The monoisotopic (exact) mass is 284 g/mol. The van der Waals surface area contributed by atoms with Crippen molar-refractivity contribution in [2.24, 2.45) is 0 Å². The Hall–Kier alpha value is -1.39. The van der Waals surface area contributed by atoms with Crippen LogP contribution in [0.2, 0.25) is 0 Å². The number of hydrogen-bond donors (Lipinski definition) is 2. The number of carbonyl (C=O) groups is 2. The van der Waals surface area contributed by atoms with E-state index in [0.29, 0.717) is 24.1 Å². The van der Waals surface area contributed by atoms with Crippen molar-refractivity contribution < 1.29 is 9.59 Å². The molecule has 0 fully saturated rings. The maximum Gasteiger partial charge on any atom is 0.251 e. The second-order valence-electron chi connectivity index (χ2n) is 4.07. The SMILES string of the molecule is CCC(=O)c1ccc(C(=O)NCCCNC)cc1.Cl. The number of halogens is 1. The first kappa shape index (κ1) is 17.6. The van der Waals surface area contributed by atoms with Crippen molar-refractivity contribution in [3.63, 3.8) is 0 Å². The predicted octanol–water partition coefficient (Wildman–Crippen LogP) is 2.04. The molecule has 4 nitrogen and oxygen atoms in total. The van der Waals surface area contributed by atoms with Crippen molar-refractivity contribution in [1.82, 2.24) is 10.6 Å². The van der Waals surface area contributed by atoms with Gasteiger partial charge in [-0.1, -0.05) is 19.1 Å². The first-order valence-corrected chi connectivity index (χ1v) is 6.25. The molecule has 0 bridgehead atoms. The average Bonchev–Trinajstić information content (AvgIpc) is 2.42. The second kappa shape index (κ2) is 9.53. The van der Waals surface area contributed by atoms with Crippen molar-refractivity contribution in [3.05, 3.63) is 35.4 Å². The molecule has 1 aromatic rings. The van der Waals surface area contributed by atoms with Crippen molar-refractivity contribution in [2.45, 2.75) is 19.8 Å². The Morgan fingerprint density at radius 2 is 1.63 bits per heavy atom. The molecule has 5 heteroatoms. The minimum absolute atomic E-state index is 0. The molecular formula is C14H21ClN2O2. The number of ketones is 1. The molecule has 1 rings (SSSR count). The van der Waals surface area contributed by atoms with Crippen LogP contribution in [-0.2, 0) is 0 Å². The highest BCUT2D eigenvalue weighted by Gasteiger charge is 2.06. The average molecular weight is 285 g/mol. The molecule has 1 aromatic carbocycles. The standard InChI is InChI=1S/C14H20N2O2.ClH/c1-3-13(17)11-5-7-12(8-6-11)14(18)16-10-4-9-15-2;/h5-8,15H,3-4,9-10H2,1-2H3,(H,16,18);1H. The molecule has 0 spiro atoms. The van der Waals surface area contributed by atoms with Gasteiger partial charge < -0.3 is 10.6 Å². The minimum atomic E-state index is -0.0957. The zero-order chi connectivity index (χ0) is 13.4. The van der Waals surface area contributed by atoms with E-state index in [1.807, 2.05) is 14.0 Å². The summed E-state index contributed by atoms with van der Waals surface area (Å²) in [6.45, 7) is 3.35. The molecule has 19 heavy (non-hydrogen) atoms. The Labute approximate surface area is 120 Å². The lowest BCUT2D eigenvalue weighted by molar-refractivity contribution is 0.0949. The van der Waals surface area contributed by atoms with Gasteiger partial charge in [-0.3, -0.25) is 9.59 Å². The maximum atomic E-state index is 11.7. The predicted molar refractivity (Wildman–Crippen MR) is 79.2 cm³/mol. The van der Waals surface area contributed by atoms with Gasteiger partial charge in [-0.2, -0.15) is 0 Å². The number of nitrogens with one attached hydrogen (secondary N) is 2. The molecule has 106 valence electrons. The van der Waals surface area contributed by atoms with Gasteiger partial charge in [-0.25, -0.2) is 0 Å². The van der Waals surface area contributed by atoms with Gasteiger partial charge >= 0.3 is 0 Å². The minimum Gasteiger partial charge on any atom is -0.352 e. The van der Waals surface area contributed by atoms with Gasteiger partial charge in [0.25, 0.3) is 5.91 Å². The number of benzene rings is 1. The van der Waals surface area contributed by atoms with Crippen molar-refractivity contribution in [2.75, 3.05) is 20.1 Å². The first-order chi connectivity index (χ1) is 8.69. The molecule has 0 atom stereocenters. The smallest absolute Gasteiger partial charge is 0.251 e. The molecule has 0 saturated carbocycles. The molecule has 0 aromatic heterocycles. The topological polar surface area (TPSA) is 58.2 Å². The van der Waals surface area contributed by atoms with Crippen LogP contribution in [0.5, 0.6) is 0 Å². The molecule has 0 saturated heterocycles. The Bertz CT molecular complexity index is 404. The zero-order valence-electron chi connectivity index (χ0n) is 11.4. The highest BCUT2D eigenvalue weighted by Crippen LogP contribution is 2.06. The summed E-state index contributed by atoms with van der Waals surface area (Å²) in [6, 6.07) is 6.79. The summed E-state index contributed by atoms with van der Waals surface area (Å²) in [4.78, 5) is 23.2. The van der Waals surface area contributed by atoms with Crippen LogP contribution in [0, 0.1) is 0 Å². The van der Waals surface area contributed by atoms with Gasteiger partial charge in [0, 0.05) is 24.1 Å². The van der Waals surface area contributed by atoms with Crippen molar-refractivity contribution in [1.29, 1.82) is 0 Å². The number of Topliss-reactive ketones (excluding diaryl/α,β-unsaturated/α-hetero) is 1. The number of rotatable bonds is 7. The van der Waals surface area contributed by atoms with Gasteiger partial charge in [0.05, 0.1) is 0 Å². The summed E-state index contributed by atoms with van der Waals surface area (Å²) in [5.41, 5.74) is 1.25. The fourth-order valence-electron chi connectivity index (χ4n) is 1.58. The van der Waals surface area contributed by atoms with Gasteiger partial charge in [0.15, 0.2) is 5.78 Å². The number of hydrogen-bond acceptors (Lipinski definition) is 3. The third kappa shape index (κ3) is 5.85. The molecule has 0 radical (unpaired) electrons. The molecule has 1 amide bonds. The lowest BCUT2D eigenvalue weighted by Crippen LogP contribution is -2.26. The summed E-state index contributed by atoms with van der Waals surface area (Å²) in [5, 5.41) is 5.85. The van der Waals surface area contributed by atoms with E-state index in [2.05, 4.69) is 10.6 Å². The largest absolute Gasteiger partial charge is 0.352 e. The molecule has 2 N–H and O–H groups in total. The first-order valence-electron chi connectivity index (χ1n) is 6.25. The van der Waals surface area contributed by atoms with Crippen molar-refractivity contribution in [3.8, 4) is 0 Å². The van der Waals surface area contributed by atoms with Crippen LogP contribution in [0.4, 0.5) is 0 Å². The van der Waals surface area contributed by atoms with Crippen LogP contribution in [0.3, 0.4) is 0 Å². The van der Waals surface area contributed by atoms with Gasteiger partial charge in [0.1, 0.15) is 0 Å². The van der Waals surface area contributed by atoms with E-state index in [1.165, 1.54) is 0 Å². The summed E-state index contributed by atoms with van der Waals surface area (Å²) in [5.74, 6) is -0.00224. The van der Waals surface area contributed by atoms with Crippen LogP contribution >= 0.6 is 12.4 Å². The molecule has 0 aliphatic carbocycles. The van der Waals surface area contributed by atoms with Crippen LogP contribution in [0.15, 0.2) is 24.3 Å². The van der Waals surface area contributed by atoms with Gasteiger partial charge in [-0.05, 0) is 32.1 Å². The van der Waals surface area contributed by atoms with E-state index < -0.39 is 0 Å². The Balaban J connectivity index is 0.00000324. The fourth-order valence-corrected chi connectivity index (χ4v) is 1.58. The normalized spacial score (nSPS) is 9.58. The quantitative estimate of drug-likeness (QED) is 0.595. The van der Waals surface area contributed by atoms with Crippen LogP contribution < -0.4 is 10.6 Å². The van der Waals surface area contributed by atoms with E-state index in [-0.39, 0.29) is 24.1 Å². The summed E-state index contributed by atoms with van der Waals surface area (Å²) >= 11 is 0. The molecule has 0 unspecified atom stereocenters. The number of amides is 1. The molecule has 0 heterocycles. The summed E-state index contributed by atoms with van der Waals surface area (Å²) in [7, 11) is 1.88. The van der Waals surface area contributed by atoms with Gasteiger partial charge in [-0.15, -0.1) is 12.4 Å². The lowest BCUT2D eigenvalue weighted by Gasteiger charge is -2.05. The van der Waals surface area contributed by atoms with Crippen molar-refractivity contribution >= 4 is 24.1 Å². The fraction of sp³-hybridized carbons (Fsp3) is 0.429. The maximum absolute atomic E-state index is 11.7. The van der Waals surface area contributed by atoms with E-state index in [4.69, 9.17) is 0 Å². The highest BCUT2D eigenvalue weighted by atomic mass is 35.5. The van der Waals surface area contributed by atoms with E-state index in [0.717, 1.165) is 13.0 Å². The van der Waals surface area contributed by atoms with E-state index in [1.54, 1.807) is 24.3 Å². The van der Waals surface area contributed by atoms with Crippen LogP contribution in [-0.4, -0.2) is 31.8 Å². The third-order valence-electron chi connectivity index (χ3n) is 2.68. The molecular weight excluding hydrogens is 264 g/mol. The molecule has 0 aliphatic heterocycles. The number of carbonyl (C=O) groups excluding carboxylic acids is 2. The Morgan fingerprint density at radius 3 is 2.16 bits per heavy atom.